The van der Waals surface area contributed by atoms with Gasteiger partial charge in [0.2, 0.25) is 0 Å². The predicted molar refractivity (Wildman–Crippen MR) is 76.4 cm³/mol. The van der Waals surface area contributed by atoms with E-state index in [-0.39, 0.29) is 11.9 Å². The molecule has 0 saturated heterocycles. The van der Waals surface area contributed by atoms with Crippen molar-refractivity contribution in [2.45, 2.75) is 6.04 Å². The van der Waals surface area contributed by atoms with E-state index in [0.29, 0.717) is 5.56 Å². The van der Waals surface area contributed by atoms with Crippen LogP contribution >= 0.6 is 22.6 Å². The molecular formula is C14H11F3IN. The quantitative estimate of drug-likeness (QED) is 0.797. The van der Waals surface area contributed by atoms with Crippen molar-refractivity contribution in [1.82, 2.24) is 5.32 Å². The Bertz CT molecular complexity index is 601. The Morgan fingerprint density at radius 1 is 1.00 bits per heavy atom. The first kappa shape index (κ1) is 14.3. The Morgan fingerprint density at radius 2 is 1.74 bits per heavy atom. The molecule has 0 amide bonds. The lowest BCUT2D eigenvalue weighted by Gasteiger charge is -2.19. The third-order valence-corrected chi connectivity index (χ3v) is 3.77. The summed E-state index contributed by atoms with van der Waals surface area (Å²) in [5.74, 6) is -2.10. The number of hydrogen-bond donors (Lipinski definition) is 1. The maximum Gasteiger partial charge on any atom is 0.159 e. The van der Waals surface area contributed by atoms with Crippen molar-refractivity contribution in [1.29, 1.82) is 0 Å². The van der Waals surface area contributed by atoms with Crippen LogP contribution in [-0.4, -0.2) is 7.05 Å². The van der Waals surface area contributed by atoms with Crippen LogP contribution in [0.15, 0.2) is 36.4 Å². The Kier molecular flexibility index (Phi) is 4.46. The highest BCUT2D eigenvalue weighted by Crippen LogP contribution is 2.27. The lowest BCUT2D eigenvalue weighted by atomic mass is 9.98. The van der Waals surface area contributed by atoms with Crippen LogP contribution < -0.4 is 5.32 Å². The van der Waals surface area contributed by atoms with E-state index in [1.807, 2.05) is 22.6 Å². The molecule has 0 bridgehead atoms. The molecule has 1 atom stereocenters. The summed E-state index contributed by atoms with van der Waals surface area (Å²) in [5, 5.41) is 3.03. The van der Waals surface area contributed by atoms with Crippen LogP contribution in [-0.2, 0) is 0 Å². The minimum absolute atomic E-state index is 0.317. The highest BCUT2D eigenvalue weighted by Gasteiger charge is 2.17. The van der Waals surface area contributed by atoms with Crippen LogP contribution in [0.25, 0.3) is 0 Å². The van der Waals surface area contributed by atoms with E-state index < -0.39 is 11.6 Å². The number of rotatable bonds is 3. The maximum atomic E-state index is 13.3. The van der Waals surface area contributed by atoms with Crippen molar-refractivity contribution in [3.63, 3.8) is 0 Å². The molecule has 0 fully saturated rings. The smallest absolute Gasteiger partial charge is 0.159 e. The van der Waals surface area contributed by atoms with Gasteiger partial charge in [-0.05, 0) is 65.0 Å². The number of hydrogen-bond acceptors (Lipinski definition) is 1. The standard InChI is InChI=1S/C14H11F3IN/c1-19-14(8-2-5-11(16)12(17)6-8)10-4-3-9(15)7-13(10)18/h2-7,14,19H,1H3. The minimum atomic E-state index is -0.894. The third-order valence-electron chi connectivity index (χ3n) is 2.84. The summed E-state index contributed by atoms with van der Waals surface area (Å²) in [5.41, 5.74) is 1.40. The predicted octanol–water partition coefficient (Wildman–Crippen LogP) is 4.02. The molecule has 2 aromatic rings. The van der Waals surface area contributed by atoms with Crippen molar-refractivity contribution < 1.29 is 13.2 Å². The van der Waals surface area contributed by atoms with Crippen LogP contribution in [0.2, 0.25) is 0 Å². The van der Waals surface area contributed by atoms with E-state index >= 15 is 0 Å². The van der Waals surface area contributed by atoms with Crippen molar-refractivity contribution >= 4 is 22.6 Å². The molecule has 100 valence electrons. The second-order valence-corrected chi connectivity index (χ2v) is 5.22. The van der Waals surface area contributed by atoms with Crippen molar-refractivity contribution in [3.8, 4) is 0 Å². The zero-order valence-electron chi connectivity index (χ0n) is 10.1. The number of benzene rings is 2. The maximum absolute atomic E-state index is 13.3. The topological polar surface area (TPSA) is 12.0 Å². The molecule has 1 unspecified atom stereocenters. The van der Waals surface area contributed by atoms with Gasteiger partial charge in [-0.3, -0.25) is 0 Å². The van der Waals surface area contributed by atoms with Crippen LogP contribution in [0.5, 0.6) is 0 Å². The molecule has 1 nitrogen and oxygen atoms in total. The average Bonchev–Trinajstić information content (AvgIpc) is 2.37. The molecule has 0 radical (unpaired) electrons. The molecule has 0 aliphatic heterocycles. The van der Waals surface area contributed by atoms with Gasteiger partial charge in [0.15, 0.2) is 11.6 Å². The fraction of sp³-hybridized carbons (Fsp3) is 0.143. The van der Waals surface area contributed by atoms with E-state index in [4.69, 9.17) is 0 Å². The second kappa shape index (κ2) is 5.92. The van der Waals surface area contributed by atoms with Crippen LogP contribution in [0.1, 0.15) is 17.2 Å². The highest BCUT2D eigenvalue weighted by molar-refractivity contribution is 14.1. The first-order valence-electron chi connectivity index (χ1n) is 5.60. The minimum Gasteiger partial charge on any atom is -0.309 e. The summed E-state index contributed by atoms with van der Waals surface area (Å²) in [6, 6.07) is 7.82. The highest BCUT2D eigenvalue weighted by atomic mass is 127. The number of nitrogens with one attached hydrogen (secondary N) is 1. The largest absolute Gasteiger partial charge is 0.309 e. The zero-order valence-corrected chi connectivity index (χ0v) is 12.2. The first-order valence-corrected chi connectivity index (χ1v) is 6.68. The molecule has 0 heterocycles. The van der Waals surface area contributed by atoms with Gasteiger partial charge in [-0.1, -0.05) is 12.1 Å². The summed E-state index contributed by atoms with van der Waals surface area (Å²) >= 11 is 2.02. The average molecular weight is 377 g/mol. The van der Waals surface area contributed by atoms with Gasteiger partial charge in [0.05, 0.1) is 6.04 Å². The van der Waals surface area contributed by atoms with Gasteiger partial charge >= 0.3 is 0 Å². The zero-order chi connectivity index (χ0) is 14.0. The second-order valence-electron chi connectivity index (χ2n) is 4.06. The first-order chi connectivity index (χ1) is 9.02. The van der Waals surface area contributed by atoms with E-state index in [9.17, 15) is 13.2 Å². The lowest BCUT2D eigenvalue weighted by Crippen LogP contribution is -2.19. The molecule has 2 aromatic carbocycles. The Labute approximate surface area is 123 Å². The van der Waals surface area contributed by atoms with E-state index in [1.165, 1.54) is 18.2 Å². The van der Waals surface area contributed by atoms with E-state index in [0.717, 1.165) is 21.3 Å². The van der Waals surface area contributed by atoms with Gasteiger partial charge in [-0.2, -0.15) is 0 Å². The van der Waals surface area contributed by atoms with Crippen LogP contribution in [0, 0.1) is 21.0 Å². The Balaban J connectivity index is 2.46. The lowest BCUT2D eigenvalue weighted by molar-refractivity contribution is 0.505. The van der Waals surface area contributed by atoms with Crippen molar-refractivity contribution in [3.05, 3.63) is 68.5 Å². The monoisotopic (exact) mass is 377 g/mol. The Hall–Kier alpha value is -1.08. The molecule has 5 heteroatoms. The molecule has 2 rings (SSSR count). The molecule has 0 saturated carbocycles. The summed E-state index contributed by atoms with van der Waals surface area (Å²) < 4.78 is 40.1. The summed E-state index contributed by atoms with van der Waals surface area (Å²) in [6.07, 6.45) is 0. The SMILES string of the molecule is CNC(c1ccc(F)c(F)c1)c1ccc(F)cc1I. The number of halogens is 4. The van der Waals surface area contributed by atoms with E-state index in [1.54, 1.807) is 13.1 Å². The van der Waals surface area contributed by atoms with Crippen molar-refractivity contribution in [2.75, 3.05) is 7.05 Å². The Morgan fingerprint density at radius 3 is 2.32 bits per heavy atom. The molecular weight excluding hydrogens is 366 g/mol. The summed E-state index contributed by atoms with van der Waals surface area (Å²) in [7, 11) is 1.71. The van der Waals surface area contributed by atoms with Gasteiger partial charge in [0.25, 0.3) is 0 Å². The molecule has 0 aliphatic carbocycles. The van der Waals surface area contributed by atoms with Crippen LogP contribution in [0.4, 0.5) is 13.2 Å². The molecule has 1 N–H and O–H groups in total. The fourth-order valence-corrected chi connectivity index (χ4v) is 2.72. The summed E-state index contributed by atoms with van der Waals surface area (Å²) in [4.78, 5) is 0. The third kappa shape index (κ3) is 3.09. The van der Waals surface area contributed by atoms with Crippen LogP contribution in [0.3, 0.4) is 0 Å². The fourth-order valence-electron chi connectivity index (χ4n) is 1.93. The van der Waals surface area contributed by atoms with Gasteiger partial charge < -0.3 is 5.32 Å². The van der Waals surface area contributed by atoms with Crippen molar-refractivity contribution in [2.24, 2.45) is 0 Å². The molecule has 0 spiro atoms. The van der Waals surface area contributed by atoms with Gasteiger partial charge in [-0.15, -0.1) is 0 Å². The normalized spacial score (nSPS) is 12.5. The molecule has 0 aromatic heterocycles. The summed E-state index contributed by atoms with van der Waals surface area (Å²) in [6.45, 7) is 0. The van der Waals surface area contributed by atoms with E-state index in [2.05, 4.69) is 5.32 Å². The van der Waals surface area contributed by atoms with Gasteiger partial charge in [-0.25, -0.2) is 13.2 Å². The van der Waals surface area contributed by atoms with Gasteiger partial charge in [0, 0.05) is 3.57 Å². The van der Waals surface area contributed by atoms with Gasteiger partial charge in [0.1, 0.15) is 5.82 Å². The molecule has 0 aliphatic rings. The molecule has 19 heavy (non-hydrogen) atoms.